The topological polar surface area (TPSA) is 0 Å². The molecule has 84 valence electrons. The first-order chi connectivity index (χ1) is 7.00. The molecular weight excluding hydrogens is 255 g/mol. The zero-order valence-electron chi connectivity index (χ0n) is 9.50. The van der Waals surface area contributed by atoms with Gasteiger partial charge in [0.2, 0.25) is 0 Å². The van der Waals surface area contributed by atoms with Crippen molar-refractivity contribution in [2.24, 2.45) is 11.8 Å². The van der Waals surface area contributed by atoms with Gasteiger partial charge < -0.3 is 0 Å². The molecule has 15 heavy (non-hydrogen) atoms. The van der Waals surface area contributed by atoms with Gasteiger partial charge in [-0.1, -0.05) is 48.8 Å². The van der Waals surface area contributed by atoms with E-state index in [1.54, 1.807) is 12.1 Å². The molecule has 0 aliphatic heterocycles. The fourth-order valence-corrected chi connectivity index (χ4v) is 2.48. The Morgan fingerprint density at radius 2 is 1.93 bits per heavy atom. The van der Waals surface area contributed by atoms with Crippen LogP contribution in [0.25, 0.3) is 0 Å². The van der Waals surface area contributed by atoms with Crippen LogP contribution in [0, 0.1) is 17.7 Å². The Morgan fingerprint density at radius 1 is 1.27 bits per heavy atom. The summed E-state index contributed by atoms with van der Waals surface area (Å²) in [4.78, 5) is 0.416. The molecule has 0 saturated heterocycles. The third kappa shape index (κ3) is 3.94. The van der Waals surface area contributed by atoms with Gasteiger partial charge in [0, 0.05) is 4.83 Å². The molecule has 0 spiro atoms. The lowest BCUT2D eigenvalue weighted by molar-refractivity contribution is 0.407. The third-order valence-electron chi connectivity index (χ3n) is 2.94. The van der Waals surface area contributed by atoms with Crippen LogP contribution in [-0.2, 0) is 6.42 Å². The zero-order chi connectivity index (χ0) is 11.4. The lowest BCUT2D eigenvalue weighted by Crippen LogP contribution is -2.19. The van der Waals surface area contributed by atoms with E-state index in [0.29, 0.717) is 16.7 Å². The average Bonchev–Trinajstić information content (AvgIpc) is 2.16. The first-order valence-electron chi connectivity index (χ1n) is 5.39. The van der Waals surface area contributed by atoms with Crippen LogP contribution in [-0.4, -0.2) is 4.83 Å². The van der Waals surface area contributed by atoms with E-state index in [1.165, 1.54) is 6.07 Å². The van der Waals surface area contributed by atoms with E-state index in [2.05, 4.69) is 36.7 Å². The average molecular weight is 273 g/mol. The second kappa shape index (κ2) is 5.64. The predicted octanol–water partition coefficient (Wildman–Crippen LogP) is 4.42. The Balaban J connectivity index is 2.62. The fourth-order valence-electron chi connectivity index (χ4n) is 1.49. The minimum Gasteiger partial charge on any atom is -0.207 e. The van der Waals surface area contributed by atoms with Crippen molar-refractivity contribution < 1.29 is 4.39 Å². The first kappa shape index (κ1) is 12.7. The lowest BCUT2D eigenvalue weighted by Gasteiger charge is -2.21. The van der Waals surface area contributed by atoms with Gasteiger partial charge in [-0.15, -0.1) is 0 Å². The maximum absolute atomic E-state index is 13.0. The quantitative estimate of drug-likeness (QED) is 0.712. The first-order valence-corrected chi connectivity index (χ1v) is 6.30. The summed E-state index contributed by atoms with van der Waals surface area (Å²) in [5.74, 6) is 1.08. The van der Waals surface area contributed by atoms with Crippen molar-refractivity contribution in [3.63, 3.8) is 0 Å². The van der Waals surface area contributed by atoms with Crippen LogP contribution in [0.1, 0.15) is 26.3 Å². The van der Waals surface area contributed by atoms with E-state index < -0.39 is 0 Å². The lowest BCUT2D eigenvalue weighted by atomic mass is 9.91. The largest absolute Gasteiger partial charge is 0.207 e. The molecule has 2 unspecified atom stereocenters. The van der Waals surface area contributed by atoms with E-state index in [-0.39, 0.29) is 5.82 Å². The molecule has 2 heteroatoms. The molecule has 0 aliphatic rings. The van der Waals surface area contributed by atoms with Gasteiger partial charge in [0.1, 0.15) is 5.82 Å². The number of hydrogen-bond acceptors (Lipinski definition) is 0. The monoisotopic (exact) mass is 272 g/mol. The van der Waals surface area contributed by atoms with E-state index >= 15 is 0 Å². The Bertz CT molecular complexity index is 309. The van der Waals surface area contributed by atoms with Gasteiger partial charge in [-0.2, -0.15) is 0 Å². The molecular formula is C13H18BrF. The van der Waals surface area contributed by atoms with Crippen molar-refractivity contribution in [3.8, 4) is 0 Å². The van der Waals surface area contributed by atoms with Gasteiger partial charge in [0.05, 0.1) is 0 Å². The fraction of sp³-hybridized carbons (Fsp3) is 0.538. The number of rotatable bonds is 4. The SMILES string of the molecule is CC(C)C(C)C(Br)Cc1cccc(F)c1. The van der Waals surface area contributed by atoms with Crippen LogP contribution < -0.4 is 0 Å². The van der Waals surface area contributed by atoms with Gasteiger partial charge in [-0.05, 0) is 36.0 Å². The summed E-state index contributed by atoms with van der Waals surface area (Å²) in [6, 6.07) is 6.84. The Morgan fingerprint density at radius 3 is 2.47 bits per heavy atom. The van der Waals surface area contributed by atoms with Crippen LogP contribution in [0.5, 0.6) is 0 Å². The summed E-state index contributed by atoms with van der Waals surface area (Å²) < 4.78 is 13.0. The molecule has 0 fully saturated rings. The number of halogens is 2. The molecule has 0 amide bonds. The summed E-state index contributed by atoms with van der Waals surface area (Å²) in [6.07, 6.45) is 0.886. The van der Waals surface area contributed by atoms with Gasteiger partial charge in [0.25, 0.3) is 0 Å². The molecule has 0 heterocycles. The van der Waals surface area contributed by atoms with E-state index in [1.807, 2.05) is 6.07 Å². The van der Waals surface area contributed by atoms with Crippen LogP contribution in [0.4, 0.5) is 4.39 Å². The van der Waals surface area contributed by atoms with Crippen LogP contribution in [0.2, 0.25) is 0 Å². The molecule has 0 aromatic heterocycles. The van der Waals surface area contributed by atoms with Crippen LogP contribution in [0.15, 0.2) is 24.3 Å². The smallest absolute Gasteiger partial charge is 0.123 e. The second-order valence-corrected chi connectivity index (χ2v) is 5.63. The molecule has 1 aromatic rings. The molecule has 0 bridgehead atoms. The highest BCUT2D eigenvalue weighted by Gasteiger charge is 2.17. The van der Waals surface area contributed by atoms with Crippen molar-refractivity contribution in [3.05, 3.63) is 35.6 Å². The predicted molar refractivity (Wildman–Crippen MR) is 66.8 cm³/mol. The van der Waals surface area contributed by atoms with Crippen LogP contribution >= 0.6 is 15.9 Å². The highest BCUT2D eigenvalue weighted by atomic mass is 79.9. The minimum atomic E-state index is -0.149. The molecule has 0 radical (unpaired) electrons. The number of hydrogen-bond donors (Lipinski definition) is 0. The standard InChI is InChI=1S/C13H18BrF/c1-9(2)10(3)13(14)8-11-5-4-6-12(15)7-11/h4-7,9-10,13H,8H2,1-3H3. The Labute approximate surface area is 100 Å². The molecule has 0 N–H and O–H groups in total. The Hall–Kier alpha value is -0.370. The highest BCUT2D eigenvalue weighted by Crippen LogP contribution is 2.24. The minimum absolute atomic E-state index is 0.149. The van der Waals surface area contributed by atoms with Crippen molar-refractivity contribution >= 4 is 15.9 Å². The second-order valence-electron chi connectivity index (χ2n) is 4.45. The molecule has 2 atom stereocenters. The van der Waals surface area contributed by atoms with Crippen molar-refractivity contribution in [1.82, 2.24) is 0 Å². The van der Waals surface area contributed by atoms with Gasteiger partial charge >= 0.3 is 0 Å². The Kier molecular flexibility index (Phi) is 4.78. The molecule has 1 rings (SSSR count). The van der Waals surface area contributed by atoms with Gasteiger partial charge in [0.15, 0.2) is 0 Å². The van der Waals surface area contributed by atoms with E-state index in [4.69, 9.17) is 0 Å². The summed E-state index contributed by atoms with van der Waals surface area (Å²) in [5, 5.41) is 0. The zero-order valence-corrected chi connectivity index (χ0v) is 11.1. The summed E-state index contributed by atoms with van der Waals surface area (Å²) in [5.41, 5.74) is 1.06. The molecule has 1 aromatic carbocycles. The summed E-state index contributed by atoms with van der Waals surface area (Å²) in [7, 11) is 0. The normalized spacial score (nSPS) is 15.3. The van der Waals surface area contributed by atoms with Crippen molar-refractivity contribution in [2.75, 3.05) is 0 Å². The van der Waals surface area contributed by atoms with Gasteiger partial charge in [-0.25, -0.2) is 4.39 Å². The number of alkyl halides is 1. The van der Waals surface area contributed by atoms with Crippen molar-refractivity contribution in [1.29, 1.82) is 0 Å². The van der Waals surface area contributed by atoms with Gasteiger partial charge in [-0.3, -0.25) is 0 Å². The maximum Gasteiger partial charge on any atom is 0.123 e. The molecule has 0 saturated carbocycles. The van der Waals surface area contributed by atoms with E-state index in [9.17, 15) is 4.39 Å². The van der Waals surface area contributed by atoms with Crippen molar-refractivity contribution in [2.45, 2.75) is 32.0 Å². The summed E-state index contributed by atoms with van der Waals surface area (Å²) in [6.45, 7) is 6.65. The molecule has 0 nitrogen and oxygen atoms in total. The van der Waals surface area contributed by atoms with E-state index in [0.717, 1.165) is 12.0 Å². The highest BCUT2D eigenvalue weighted by molar-refractivity contribution is 9.09. The van der Waals surface area contributed by atoms with Crippen LogP contribution in [0.3, 0.4) is 0 Å². The number of benzene rings is 1. The molecule has 0 aliphatic carbocycles. The summed E-state index contributed by atoms with van der Waals surface area (Å²) >= 11 is 3.68. The maximum atomic E-state index is 13.0. The third-order valence-corrected chi connectivity index (χ3v) is 4.10.